The van der Waals surface area contributed by atoms with E-state index in [9.17, 15) is 13.2 Å². The van der Waals surface area contributed by atoms with Crippen molar-refractivity contribution in [1.82, 2.24) is 14.7 Å². The molecule has 0 radical (unpaired) electrons. The zero-order valence-corrected chi connectivity index (χ0v) is 22.8. The summed E-state index contributed by atoms with van der Waals surface area (Å²) in [6.45, 7) is 4.37. The number of imidazole rings is 1. The number of benzene rings is 3. The summed E-state index contributed by atoms with van der Waals surface area (Å²) in [6, 6.07) is 13.7. The summed E-state index contributed by atoms with van der Waals surface area (Å²) in [6.07, 6.45) is 0.862. The first-order valence-electron chi connectivity index (χ1n) is 11.6. The highest BCUT2D eigenvalue weighted by atomic mass is 79.9. The van der Waals surface area contributed by atoms with Crippen LogP contribution in [0.3, 0.4) is 0 Å². The lowest BCUT2D eigenvalue weighted by atomic mass is 10.2. The van der Waals surface area contributed by atoms with Crippen molar-refractivity contribution >= 4 is 47.8 Å². The summed E-state index contributed by atoms with van der Waals surface area (Å²) in [7, 11) is -2.83. The molecule has 0 aliphatic carbocycles. The maximum absolute atomic E-state index is 14.3. The van der Waals surface area contributed by atoms with Gasteiger partial charge in [-0.15, -0.1) is 0 Å². The van der Waals surface area contributed by atoms with Gasteiger partial charge in [-0.05, 0) is 49.2 Å². The van der Waals surface area contributed by atoms with Crippen LogP contribution >= 0.6 is 15.9 Å². The molecule has 0 saturated carbocycles. The molecule has 0 atom stereocenters. The van der Waals surface area contributed by atoms with Crippen molar-refractivity contribution in [3.05, 3.63) is 74.7 Å². The molecule has 5 aromatic rings. The number of halogens is 1. The molecule has 2 heterocycles. The van der Waals surface area contributed by atoms with Gasteiger partial charge in [0, 0.05) is 10.5 Å². The van der Waals surface area contributed by atoms with Crippen LogP contribution in [0.15, 0.2) is 72.1 Å². The van der Waals surface area contributed by atoms with Crippen LogP contribution in [0.1, 0.15) is 24.6 Å². The number of nitrogens with zero attached hydrogens (tertiary/aromatic N) is 2. The molecule has 9 nitrogen and oxygen atoms in total. The molecule has 11 heteroatoms. The van der Waals surface area contributed by atoms with E-state index in [1.807, 2.05) is 31.2 Å². The van der Waals surface area contributed by atoms with E-state index in [1.54, 1.807) is 25.1 Å². The lowest BCUT2D eigenvalue weighted by molar-refractivity contribution is 0.317. The molecule has 0 bridgehead atoms. The highest BCUT2D eigenvalue weighted by Crippen LogP contribution is 2.40. The third-order valence-corrected chi connectivity index (χ3v) is 8.34. The van der Waals surface area contributed by atoms with Crippen LogP contribution < -0.4 is 15.2 Å². The van der Waals surface area contributed by atoms with Crippen LogP contribution in [0.2, 0.25) is 0 Å². The molecule has 5 rings (SSSR count). The number of methoxy groups -OCH3 is 1. The number of aryl methyl sites for hydroxylation is 1. The number of hydrogen-bond acceptors (Lipinski definition) is 7. The second-order valence-corrected chi connectivity index (χ2v) is 11.3. The Kier molecular flexibility index (Phi) is 6.59. The van der Waals surface area contributed by atoms with Crippen LogP contribution in [0.5, 0.6) is 11.5 Å². The van der Waals surface area contributed by atoms with E-state index in [-0.39, 0.29) is 33.2 Å². The first kappa shape index (κ1) is 25.1. The Morgan fingerprint density at radius 2 is 1.97 bits per heavy atom. The van der Waals surface area contributed by atoms with Crippen molar-refractivity contribution < 1.29 is 22.4 Å². The summed E-state index contributed by atoms with van der Waals surface area (Å²) >= 11 is 3.36. The SMILES string of the molecule is CCCOc1cccc(Cn2c(=O)[nH]c3cc4onc(C)c4c(S(=O)(=O)c4cc(Br)ccc4OC)c32)c1. The maximum atomic E-state index is 14.3. The van der Waals surface area contributed by atoms with Crippen LogP contribution in [0.4, 0.5) is 0 Å². The van der Waals surface area contributed by atoms with Crippen LogP contribution in [0, 0.1) is 6.92 Å². The Morgan fingerprint density at radius 3 is 2.73 bits per heavy atom. The first-order chi connectivity index (χ1) is 17.7. The summed E-state index contributed by atoms with van der Waals surface area (Å²) in [5.41, 5.74) is 1.51. The van der Waals surface area contributed by atoms with Crippen molar-refractivity contribution in [1.29, 1.82) is 0 Å². The van der Waals surface area contributed by atoms with Crippen molar-refractivity contribution in [2.75, 3.05) is 13.7 Å². The summed E-state index contributed by atoms with van der Waals surface area (Å²) in [5, 5.41) is 4.31. The molecule has 1 N–H and O–H groups in total. The molecule has 3 aromatic carbocycles. The van der Waals surface area contributed by atoms with Crippen LogP contribution in [-0.4, -0.2) is 36.8 Å². The molecule has 0 unspecified atom stereocenters. The normalized spacial score (nSPS) is 11.9. The summed E-state index contributed by atoms with van der Waals surface area (Å²) < 4.78 is 47.2. The number of ether oxygens (including phenoxy) is 2. The highest BCUT2D eigenvalue weighted by Gasteiger charge is 2.32. The Labute approximate surface area is 221 Å². The minimum atomic E-state index is -4.23. The molecule has 0 aliphatic heterocycles. The Balaban J connectivity index is 1.80. The molecule has 0 spiro atoms. The lowest BCUT2D eigenvalue weighted by Gasteiger charge is -2.14. The number of aromatic amines is 1. The largest absolute Gasteiger partial charge is 0.495 e. The minimum Gasteiger partial charge on any atom is -0.495 e. The average Bonchev–Trinajstić information content (AvgIpc) is 3.40. The lowest BCUT2D eigenvalue weighted by Crippen LogP contribution is -2.18. The van der Waals surface area contributed by atoms with E-state index in [4.69, 9.17) is 14.0 Å². The fourth-order valence-electron chi connectivity index (χ4n) is 4.37. The smallest absolute Gasteiger partial charge is 0.326 e. The number of aromatic nitrogens is 3. The van der Waals surface area contributed by atoms with Gasteiger partial charge in [0.25, 0.3) is 0 Å². The molecule has 0 fully saturated rings. The topological polar surface area (TPSA) is 116 Å². The second-order valence-electron chi connectivity index (χ2n) is 8.55. The summed E-state index contributed by atoms with van der Waals surface area (Å²) in [5.74, 6) is 0.851. The number of H-pyrrole nitrogens is 1. The number of fused-ring (bicyclic) bond motifs is 2. The van der Waals surface area contributed by atoms with Gasteiger partial charge >= 0.3 is 5.69 Å². The second kappa shape index (κ2) is 9.71. The molecule has 0 amide bonds. The molecule has 2 aromatic heterocycles. The minimum absolute atomic E-state index is 0.0473. The fourth-order valence-corrected chi connectivity index (χ4v) is 6.79. The van der Waals surface area contributed by atoms with Crippen molar-refractivity contribution in [2.45, 2.75) is 36.6 Å². The van der Waals surface area contributed by atoms with Gasteiger partial charge in [-0.1, -0.05) is 40.1 Å². The standard InChI is InChI=1S/C26H24BrN3O6S/c1-4-10-35-18-7-5-6-16(11-18)14-30-24-19(28-26(30)31)13-21-23(15(2)29-36-21)25(24)37(32,33)22-12-17(27)8-9-20(22)34-3/h5-9,11-13H,4,10,14H2,1-3H3,(H,28,31). The number of sulfone groups is 1. The van der Waals surface area contributed by atoms with E-state index < -0.39 is 15.5 Å². The first-order valence-corrected chi connectivity index (χ1v) is 13.8. The Morgan fingerprint density at radius 1 is 1.16 bits per heavy atom. The Hall–Kier alpha value is -3.57. The molecule has 0 aliphatic rings. The molecule has 37 heavy (non-hydrogen) atoms. The van der Waals surface area contributed by atoms with E-state index in [0.29, 0.717) is 33.4 Å². The van der Waals surface area contributed by atoms with Crippen molar-refractivity contribution in [2.24, 2.45) is 0 Å². The number of rotatable bonds is 8. The highest BCUT2D eigenvalue weighted by molar-refractivity contribution is 9.10. The van der Waals surface area contributed by atoms with E-state index in [1.165, 1.54) is 17.7 Å². The van der Waals surface area contributed by atoms with Gasteiger partial charge in [0.15, 0.2) is 5.58 Å². The van der Waals surface area contributed by atoms with Crippen LogP contribution in [0.25, 0.3) is 22.0 Å². The molecule has 192 valence electrons. The van der Waals surface area contributed by atoms with Gasteiger partial charge in [0.2, 0.25) is 9.84 Å². The predicted octanol–water partition coefficient (Wildman–Crippen LogP) is 5.22. The van der Waals surface area contributed by atoms with Gasteiger partial charge in [0.05, 0.1) is 42.4 Å². The number of nitrogens with one attached hydrogen (secondary N) is 1. The zero-order chi connectivity index (χ0) is 26.3. The Bertz CT molecular complexity index is 1800. The zero-order valence-electron chi connectivity index (χ0n) is 20.4. The van der Waals surface area contributed by atoms with Gasteiger partial charge in [-0.25, -0.2) is 13.2 Å². The predicted molar refractivity (Wildman–Crippen MR) is 142 cm³/mol. The maximum Gasteiger partial charge on any atom is 0.326 e. The molecular weight excluding hydrogens is 562 g/mol. The van der Waals surface area contributed by atoms with Crippen LogP contribution in [-0.2, 0) is 16.4 Å². The molecular formula is C26H24BrN3O6S. The van der Waals surface area contributed by atoms with Crippen molar-refractivity contribution in [3.63, 3.8) is 0 Å². The van der Waals surface area contributed by atoms with Gasteiger partial charge in [-0.3, -0.25) is 4.57 Å². The third kappa shape index (κ3) is 4.42. The van der Waals surface area contributed by atoms with Crippen molar-refractivity contribution in [3.8, 4) is 11.5 Å². The van der Waals surface area contributed by atoms with E-state index in [0.717, 1.165) is 12.0 Å². The van der Waals surface area contributed by atoms with E-state index in [2.05, 4.69) is 26.1 Å². The van der Waals surface area contributed by atoms with Gasteiger partial charge < -0.3 is 19.0 Å². The van der Waals surface area contributed by atoms with Gasteiger partial charge in [-0.2, -0.15) is 0 Å². The van der Waals surface area contributed by atoms with E-state index >= 15 is 0 Å². The number of hydrogen-bond donors (Lipinski definition) is 1. The monoisotopic (exact) mass is 585 g/mol. The summed E-state index contributed by atoms with van der Waals surface area (Å²) in [4.78, 5) is 15.8. The average molecular weight is 586 g/mol. The quantitative estimate of drug-likeness (QED) is 0.265. The molecule has 0 saturated heterocycles. The van der Waals surface area contributed by atoms with Gasteiger partial charge in [0.1, 0.15) is 21.3 Å². The third-order valence-electron chi connectivity index (χ3n) is 6.01. The fraction of sp³-hybridized carbons (Fsp3) is 0.231.